The molecule has 0 amide bonds. The third kappa shape index (κ3) is 3.45. The molecule has 0 aromatic carbocycles. The fraction of sp³-hybridized carbons (Fsp3) is 0.833. The van der Waals surface area contributed by atoms with Crippen molar-refractivity contribution in [1.29, 1.82) is 0 Å². The van der Waals surface area contributed by atoms with Gasteiger partial charge in [-0.25, -0.2) is 0 Å². The van der Waals surface area contributed by atoms with Crippen molar-refractivity contribution in [2.45, 2.75) is 50.3 Å². The SMILES string of the molecule is CCCC(Cc1nc(C2CCCS2)no1)NC. The molecule has 1 N–H and O–H groups in total. The Bertz CT molecular complexity index is 336. The minimum Gasteiger partial charge on any atom is -0.339 e. The van der Waals surface area contributed by atoms with Crippen LogP contribution < -0.4 is 5.32 Å². The number of rotatable bonds is 6. The number of thioether (sulfide) groups is 1. The Morgan fingerprint density at radius 1 is 1.59 bits per heavy atom. The summed E-state index contributed by atoms with van der Waals surface area (Å²) >= 11 is 1.94. The molecule has 1 aromatic heterocycles. The van der Waals surface area contributed by atoms with Crippen LogP contribution in [0.4, 0.5) is 0 Å². The van der Waals surface area contributed by atoms with Gasteiger partial charge in [-0.05, 0) is 32.1 Å². The quantitative estimate of drug-likeness (QED) is 0.846. The molecule has 4 nitrogen and oxygen atoms in total. The van der Waals surface area contributed by atoms with E-state index in [9.17, 15) is 0 Å². The van der Waals surface area contributed by atoms with Crippen molar-refractivity contribution in [3.8, 4) is 0 Å². The molecule has 1 saturated heterocycles. The molecule has 2 unspecified atom stereocenters. The number of hydrogen-bond acceptors (Lipinski definition) is 5. The van der Waals surface area contributed by atoms with Crippen LogP contribution >= 0.6 is 11.8 Å². The largest absolute Gasteiger partial charge is 0.339 e. The molecule has 0 spiro atoms. The standard InChI is InChI=1S/C12H21N3OS/c1-3-5-9(13-2)8-11-14-12(15-16-11)10-6-4-7-17-10/h9-10,13H,3-8H2,1-2H3. The Morgan fingerprint density at radius 2 is 2.47 bits per heavy atom. The van der Waals surface area contributed by atoms with Crippen molar-refractivity contribution in [2.24, 2.45) is 0 Å². The first kappa shape index (κ1) is 12.9. The third-order valence-electron chi connectivity index (χ3n) is 3.17. The van der Waals surface area contributed by atoms with Crippen molar-refractivity contribution in [2.75, 3.05) is 12.8 Å². The highest BCUT2D eigenvalue weighted by molar-refractivity contribution is 7.99. The van der Waals surface area contributed by atoms with Gasteiger partial charge in [-0.2, -0.15) is 16.7 Å². The molecule has 1 aliphatic heterocycles. The van der Waals surface area contributed by atoms with E-state index in [1.54, 1.807) is 0 Å². The minimum atomic E-state index is 0.449. The highest BCUT2D eigenvalue weighted by Gasteiger charge is 2.23. The Hall–Kier alpha value is -0.550. The van der Waals surface area contributed by atoms with Gasteiger partial charge in [-0.3, -0.25) is 0 Å². The van der Waals surface area contributed by atoms with Crippen LogP contribution in [0.2, 0.25) is 0 Å². The van der Waals surface area contributed by atoms with Gasteiger partial charge in [-0.15, -0.1) is 0 Å². The average molecular weight is 255 g/mol. The Labute approximate surface area is 107 Å². The van der Waals surface area contributed by atoms with Crippen LogP contribution in [0.25, 0.3) is 0 Å². The van der Waals surface area contributed by atoms with Gasteiger partial charge in [0.1, 0.15) is 0 Å². The lowest BCUT2D eigenvalue weighted by Crippen LogP contribution is -2.27. The van der Waals surface area contributed by atoms with E-state index in [0.717, 1.165) is 24.6 Å². The zero-order chi connectivity index (χ0) is 12.1. The summed E-state index contributed by atoms with van der Waals surface area (Å²) in [6.07, 6.45) is 5.62. The Kier molecular flexibility index (Phi) is 4.86. The van der Waals surface area contributed by atoms with Crippen LogP contribution in [0.5, 0.6) is 0 Å². The summed E-state index contributed by atoms with van der Waals surface area (Å²) in [5.41, 5.74) is 0. The van der Waals surface area contributed by atoms with E-state index in [1.165, 1.54) is 25.0 Å². The topological polar surface area (TPSA) is 51.0 Å². The smallest absolute Gasteiger partial charge is 0.228 e. The van der Waals surface area contributed by atoms with Gasteiger partial charge < -0.3 is 9.84 Å². The highest BCUT2D eigenvalue weighted by atomic mass is 32.2. The van der Waals surface area contributed by atoms with Gasteiger partial charge in [-0.1, -0.05) is 18.5 Å². The summed E-state index contributed by atoms with van der Waals surface area (Å²) in [5, 5.41) is 7.87. The average Bonchev–Trinajstić information content (AvgIpc) is 2.98. The Balaban J connectivity index is 1.92. The van der Waals surface area contributed by atoms with Crippen LogP contribution in [-0.4, -0.2) is 29.0 Å². The lowest BCUT2D eigenvalue weighted by Gasteiger charge is -2.11. The third-order valence-corrected chi connectivity index (χ3v) is 4.54. The van der Waals surface area contributed by atoms with Crippen LogP contribution in [0.3, 0.4) is 0 Å². The summed E-state index contributed by atoms with van der Waals surface area (Å²) in [6.45, 7) is 2.19. The van der Waals surface area contributed by atoms with E-state index >= 15 is 0 Å². The van der Waals surface area contributed by atoms with Crippen LogP contribution in [0.15, 0.2) is 4.52 Å². The molecule has 96 valence electrons. The molecule has 0 aliphatic carbocycles. The molecule has 1 aromatic rings. The second-order valence-electron chi connectivity index (χ2n) is 4.53. The van der Waals surface area contributed by atoms with E-state index in [-0.39, 0.29) is 0 Å². The molecule has 0 saturated carbocycles. The fourth-order valence-electron chi connectivity index (χ4n) is 2.17. The molecule has 1 aliphatic rings. The molecule has 2 atom stereocenters. The number of nitrogens with one attached hydrogen (secondary N) is 1. The van der Waals surface area contributed by atoms with Crippen molar-refractivity contribution < 1.29 is 4.52 Å². The first-order chi connectivity index (χ1) is 8.33. The van der Waals surface area contributed by atoms with Crippen molar-refractivity contribution in [3.63, 3.8) is 0 Å². The maximum Gasteiger partial charge on any atom is 0.228 e. The molecule has 17 heavy (non-hydrogen) atoms. The summed E-state index contributed by atoms with van der Waals surface area (Å²) in [5.74, 6) is 2.90. The first-order valence-electron chi connectivity index (χ1n) is 6.44. The molecule has 0 radical (unpaired) electrons. The van der Waals surface area contributed by atoms with Gasteiger partial charge in [0.15, 0.2) is 5.82 Å². The normalized spacial score (nSPS) is 21.9. The van der Waals surface area contributed by atoms with Crippen molar-refractivity contribution in [3.05, 3.63) is 11.7 Å². The number of nitrogens with zero attached hydrogens (tertiary/aromatic N) is 2. The maximum atomic E-state index is 5.34. The summed E-state index contributed by atoms with van der Waals surface area (Å²) in [7, 11) is 1.99. The number of hydrogen-bond donors (Lipinski definition) is 1. The van der Waals surface area contributed by atoms with Gasteiger partial charge in [0.05, 0.1) is 5.25 Å². The van der Waals surface area contributed by atoms with Crippen LogP contribution in [0.1, 0.15) is 49.6 Å². The number of aromatic nitrogens is 2. The van der Waals surface area contributed by atoms with Crippen molar-refractivity contribution in [1.82, 2.24) is 15.5 Å². The molecule has 2 heterocycles. The molecule has 5 heteroatoms. The predicted molar refractivity (Wildman–Crippen MR) is 70.2 cm³/mol. The second kappa shape index (κ2) is 6.40. The molecule has 1 fully saturated rings. The fourth-order valence-corrected chi connectivity index (χ4v) is 3.37. The summed E-state index contributed by atoms with van der Waals surface area (Å²) in [4.78, 5) is 4.52. The maximum absolute atomic E-state index is 5.34. The number of likely N-dealkylation sites (N-methyl/N-ethyl adjacent to an activating group) is 1. The van der Waals surface area contributed by atoms with Crippen molar-refractivity contribution >= 4 is 11.8 Å². The van der Waals surface area contributed by atoms with E-state index in [4.69, 9.17) is 4.52 Å². The van der Waals surface area contributed by atoms with Gasteiger partial charge in [0.2, 0.25) is 5.89 Å². The minimum absolute atomic E-state index is 0.449. The predicted octanol–water partition coefficient (Wildman–Crippen LogP) is 2.57. The molecule has 0 bridgehead atoms. The Morgan fingerprint density at radius 3 is 3.12 bits per heavy atom. The lowest BCUT2D eigenvalue weighted by atomic mass is 10.1. The van der Waals surface area contributed by atoms with Gasteiger partial charge >= 0.3 is 0 Å². The molecular weight excluding hydrogens is 234 g/mol. The zero-order valence-corrected chi connectivity index (χ0v) is 11.4. The lowest BCUT2D eigenvalue weighted by molar-refractivity contribution is 0.351. The highest BCUT2D eigenvalue weighted by Crippen LogP contribution is 2.38. The summed E-state index contributed by atoms with van der Waals surface area (Å²) < 4.78 is 5.34. The zero-order valence-electron chi connectivity index (χ0n) is 10.6. The van der Waals surface area contributed by atoms with Gasteiger partial charge in [0.25, 0.3) is 0 Å². The summed E-state index contributed by atoms with van der Waals surface area (Å²) in [6, 6.07) is 0.449. The van der Waals surface area contributed by atoms with Crippen LogP contribution in [0, 0.1) is 0 Å². The second-order valence-corrected chi connectivity index (χ2v) is 5.84. The monoisotopic (exact) mass is 255 g/mol. The van der Waals surface area contributed by atoms with E-state index < -0.39 is 0 Å². The van der Waals surface area contributed by atoms with E-state index in [0.29, 0.717) is 11.3 Å². The van der Waals surface area contributed by atoms with E-state index in [1.807, 2.05) is 18.8 Å². The van der Waals surface area contributed by atoms with Gasteiger partial charge in [0, 0.05) is 12.5 Å². The molecular formula is C12H21N3OS. The first-order valence-corrected chi connectivity index (χ1v) is 7.49. The molecule has 2 rings (SSSR count). The van der Waals surface area contributed by atoms with E-state index in [2.05, 4.69) is 22.4 Å². The van der Waals surface area contributed by atoms with Crippen LogP contribution in [-0.2, 0) is 6.42 Å².